The van der Waals surface area contributed by atoms with Crippen molar-refractivity contribution in [3.05, 3.63) is 0 Å². The summed E-state index contributed by atoms with van der Waals surface area (Å²) in [6.45, 7) is 4.39. The fourth-order valence-electron chi connectivity index (χ4n) is 2.90. The summed E-state index contributed by atoms with van der Waals surface area (Å²) in [6, 6.07) is 0.634. The normalized spacial score (nSPS) is 25.7. The number of halogens is 1. The maximum absolute atomic E-state index is 11.9. The Morgan fingerprint density at radius 3 is 2.65 bits per heavy atom. The van der Waals surface area contributed by atoms with E-state index in [4.69, 9.17) is 11.6 Å². The molecule has 2 heterocycles. The number of hydrogen-bond acceptors (Lipinski definition) is 2. The smallest absolute Gasteiger partial charge is 0.222 e. The van der Waals surface area contributed by atoms with Crippen LogP contribution < -0.4 is 0 Å². The van der Waals surface area contributed by atoms with Gasteiger partial charge in [0.05, 0.1) is 0 Å². The van der Waals surface area contributed by atoms with Crippen LogP contribution in [-0.2, 0) is 4.79 Å². The number of nitrogens with zero attached hydrogens (tertiary/aromatic N) is 2. The molecule has 2 aliphatic rings. The van der Waals surface area contributed by atoms with Crippen molar-refractivity contribution < 1.29 is 4.79 Å². The highest BCUT2D eigenvalue weighted by Gasteiger charge is 2.30. The Bertz CT molecular complexity index is 254. The van der Waals surface area contributed by atoms with Crippen molar-refractivity contribution >= 4 is 17.5 Å². The summed E-state index contributed by atoms with van der Waals surface area (Å²) >= 11 is 5.62. The second-order valence-electron chi connectivity index (χ2n) is 5.17. The number of alkyl halides is 1. The number of carbonyl (C=O) groups is 1. The van der Waals surface area contributed by atoms with Crippen molar-refractivity contribution in [1.82, 2.24) is 9.80 Å². The SMILES string of the molecule is O=C(CCCCCl)N1CCC(N2CCCC2)C1. The Kier molecular flexibility index (Phi) is 5.11. The van der Waals surface area contributed by atoms with Crippen molar-refractivity contribution in [2.24, 2.45) is 0 Å². The number of rotatable bonds is 5. The molecule has 0 aromatic heterocycles. The molecule has 0 aliphatic carbocycles. The Balaban J connectivity index is 1.71. The molecule has 0 radical (unpaired) electrons. The molecule has 1 unspecified atom stereocenters. The van der Waals surface area contributed by atoms with Crippen LogP contribution in [0.3, 0.4) is 0 Å². The first kappa shape index (κ1) is 13.2. The molecular formula is C13H23ClN2O. The Hall–Kier alpha value is -0.280. The molecule has 17 heavy (non-hydrogen) atoms. The van der Waals surface area contributed by atoms with Crippen molar-refractivity contribution in [3.63, 3.8) is 0 Å². The van der Waals surface area contributed by atoms with E-state index < -0.39 is 0 Å². The van der Waals surface area contributed by atoms with Crippen LogP contribution in [0.25, 0.3) is 0 Å². The van der Waals surface area contributed by atoms with E-state index in [0.29, 0.717) is 24.2 Å². The van der Waals surface area contributed by atoms with Gasteiger partial charge in [0.1, 0.15) is 0 Å². The quantitative estimate of drug-likeness (QED) is 0.557. The number of hydrogen-bond donors (Lipinski definition) is 0. The van der Waals surface area contributed by atoms with Gasteiger partial charge in [0, 0.05) is 31.4 Å². The third-order valence-electron chi connectivity index (χ3n) is 3.95. The maximum atomic E-state index is 11.9. The van der Waals surface area contributed by atoms with Gasteiger partial charge in [0.15, 0.2) is 0 Å². The van der Waals surface area contributed by atoms with Crippen LogP contribution in [0.15, 0.2) is 0 Å². The van der Waals surface area contributed by atoms with Gasteiger partial charge in [0.2, 0.25) is 5.91 Å². The number of amides is 1. The standard InChI is InChI=1S/C13H23ClN2O/c14-7-2-1-5-13(17)16-10-6-12(11-16)15-8-3-4-9-15/h12H,1-11H2. The van der Waals surface area contributed by atoms with Crippen LogP contribution in [0, 0.1) is 0 Å². The Labute approximate surface area is 109 Å². The van der Waals surface area contributed by atoms with Gasteiger partial charge in [-0.1, -0.05) is 0 Å². The van der Waals surface area contributed by atoms with Crippen molar-refractivity contribution in [2.45, 2.75) is 44.6 Å². The minimum Gasteiger partial charge on any atom is -0.341 e. The Morgan fingerprint density at radius 2 is 1.94 bits per heavy atom. The summed E-state index contributed by atoms with van der Waals surface area (Å²) in [6.07, 6.45) is 6.41. The largest absolute Gasteiger partial charge is 0.341 e. The van der Waals surface area contributed by atoms with Crippen LogP contribution in [0.1, 0.15) is 38.5 Å². The van der Waals surface area contributed by atoms with Gasteiger partial charge in [-0.25, -0.2) is 0 Å². The molecule has 0 N–H and O–H groups in total. The van der Waals surface area contributed by atoms with Crippen LogP contribution in [0.5, 0.6) is 0 Å². The van der Waals surface area contributed by atoms with Gasteiger partial charge in [-0.3, -0.25) is 9.69 Å². The van der Waals surface area contributed by atoms with E-state index in [1.54, 1.807) is 0 Å². The first-order valence-corrected chi connectivity index (χ1v) is 7.42. The second kappa shape index (κ2) is 6.60. The van der Waals surface area contributed by atoms with Crippen LogP contribution in [0.2, 0.25) is 0 Å². The fourth-order valence-corrected chi connectivity index (χ4v) is 3.09. The molecule has 2 aliphatic heterocycles. The second-order valence-corrected chi connectivity index (χ2v) is 5.55. The zero-order valence-electron chi connectivity index (χ0n) is 10.5. The van der Waals surface area contributed by atoms with Gasteiger partial charge in [-0.05, 0) is 45.2 Å². The predicted octanol–water partition coefficient (Wildman–Crippen LogP) is 2.09. The Morgan fingerprint density at radius 1 is 1.18 bits per heavy atom. The van der Waals surface area contributed by atoms with Crippen LogP contribution in [-0.4, -0.2) is 53.8 Å². The number of likely N-dealkylation sites (tertiary alicyclic amines) is 2. The summed E-state index contributed by atoms with van der Waals surface area (Å²) in [7, 11) is 0. The lowest BCUT2D eigenvalue weighted by atomic mass is 10.2. The number of carbonyl (C=O) groups excluding carboxylic acids is 1. The van der Waals surface area contributed by atoms with E-state index in [1.165, 1.54) is 32.4 Å². The molecule has 2 fully saturated rings. The first-order valence-electron chi connectivity index (χ1n) is 6.89. The van der Waals surface area contributed by atoms with Crippen molar-refractivity contribution in [3.8, 4) is 0 Å². The molecule has 1 atom stereocenters. The zero-order valence-corrected chi connectivity index (χ0v) is 11.3. The molecule has 0 saturated carbocycles. The van der Waals surface area contributed by atoms with Gasteiger partial charge in [-0.2, -0.15) is 0 Å². The van der Waals surface area contributed by atoms with E-state index in [9.17, 15) is 4.79 Å². The maximum Gasteiger partial charge on any atom is 0.222 e. The van der Waals surface area contributed by atoms with Gasteiger partial charge < -0.3 is 4.90 Å². The third kappa shape index (κ3) is 3.59. The van der Waals surface area contributed by atoms with Crippen LogP contribution in [0.4, 0.5) is 0 Å². The summed E-state index contributed by atoms with van der Waals surface area (Å²) in [5.74, 6) is 1.00. The molecule has 0 aromatic carbocycles. The fraction of sp³-hybridized carbons (Fsp3) is 0.923. The first-order chi connectivity index (χ1) is 8.31. The average Bonchev–Trinajstić information content (AvgIpc) is 3.00. The van der Waals surface area contributed by atoms with Gasteiger partial charge in [-0.15, -0.1) is 11.6 Å². The highest BCUT2D eigenvalue weighted by molar-refractivity contribution is 6.17. The molecule has 2 saturated heterocycles. The molecule has 3 nitrogen and oxygen atoms in total. The molecule has 0 bridgehead atoms. The summed E-state index contributed by atoms with van der Waals surface area (Å²) in [5, 5.41) is 0. The lowest BCUT2D eigenvalue weighted by molar-refractivity contribution is -0.130. The lowest BCUT2D eigenvalue weighted by Gasteiger charge is -2.23. The topological polar surface area (TPSA) is 23.6 Å². The summed E-state index contributed by atoms with van der Waals surface area (Å²) < 4.78 is 0. The van der Waals surface area contributed by atoms with E-state index in [0.717, 1.165) is 25.9 Å². The molecule has 4 heteroatoms. The zero-order chi connectivity index (χ0) is 12.1. The van der Waals surface area contributed by atoms with Gasteiger partial charge in [0.25, 0.3) is 0 Å². The molecule has 0 aromatic rings. The monoisotopic (exact) mass is 258 g/mol. The highest BCUT2D eigenvalue weighted by Crippen LogP contribution is 2.21. The number of unbranched alkanes of at least 4 members (excludes halogenated alkanes) is 1. The minimum absolute atomic E-state index is 0.330. The minimum atomic E-state index is 0.330. The molecule has 2 rings (SSSR count). The van der Waals surface area contributed by atoms with E-state index in [1.807, 2.05) is 0 Å². The van der Waals surface area contributed by atoms with E-state index in [-0.39, 0.29) is 0 Å². The molecule has 98 valence electrons. The molecular weight excluding hydrogens is 236 g/mol. The average molecular weight is 259 g/mol. The van der Waals surface area contributed by atoms with Crippen molar-refractivity contribution in [2.75, 3.05) is 32.1 Å². The molecule has 0 spiro atoms. The van der Waals surface area contributed by atoms with Gasteiger partial charge >= 0.3 is 0 Å². The third-order valence-corrected chi connectivity index (χ3v) is 4.21. The summed E-state index contributed by atoms with van der Waals surface area (Å²) in [4.78, 5) is 16.6. The predicted molar refractivity (Wildman–Crippen MR) is 70.4 cm³/mol. The summed E-state index contributed by atoms with van der Waals surface area (Å²) in [5.41, 5.74) is 0. The van der Waals surface area contributed by atoms with E-state index in [2.05, 4.69) is 9.80 Å². The van der Waals surface area contributed by atoms with Crippen molar-refractivity contribution in [1.29, 1.82) is 0 Å². The highest BCUT2D eigenvalue weighted by atomic mass is 35.5. The van der Waals surface area contributed by atoms with E-state index >= 15 is 0 Å². The lowest BCUT2D eigenvalue weighted by Crippen LogP contribution is -2.37. The van der Waals surface area contributed by atoms with Crippen LogP contribution >= 0.6 is 11.6 Å². The molecule has 1 amide bonds.